The Labute approximate surface area is 171 Å². The smallest absolute Gasteiger partial charge is 0.261 e. The lowest BCUT2D eigenvalue weighted by atomic mass is 10.1. The number of para-hydroxylation sites is 1. The fraction of sp³-hybridized carbons (Fsp3) is 0.391. The van der Waals surface area contributed by atoms with E-state index in [9.17, 15) is 14.0 Å². The molecule has 2 amide bonds. The van der Waals surface area contributed by atoms with E-state index in [1.807, 2.05) is 45.0 Å². The van der Waals surface area contributed by atoms with Crippen molar-refractivity contribution >= 4 is 11.8 Å². The van der Waals surface area contributed by atoms with E-state index < -0.39 is 11.9 Å². The van der Waals surface area contributed by atoms with Crippen molar-refractivity contribution in [2.45, 2.75) is 40.3 Å². The van der Waals surface area contributed by atoms with Crippen LogP contribution in [0.1, 0.15) is 31.9 Å². The van der Waals surface area contributed by atoms with Crippen LogP contribution in [0.2, 0.25) is 0 Å². The standard InChI is InChI=1S/C23H29FN2O3/c1-16(2)13-25-23(28)18(4)26(14-19-11-9-17(3)10-12-19)22(27)15-29-21-8-6-5-7-20(21)24/h5-12,16,18H,13-15H2,1-4H3,(H,25,28)/t18-/m0/s1. The molecule has 0 heterocycles. The molecule has 0 saturated carbocycles. The van der Waals surface area contributed by atoms with E-state index in [1.54, 1.807) is 19.1 Å². The Bertz CT molecular complexity index is 821. The number of ether oxygens (including phenoxy) is 1. The molecular weight excluding hydrogens is 371 g/mol. The highest BCUT2D eigenvalue weighted by Gasteiger charge is 2.26. The van der Waals surface area contributed by atoms with E-state index in [1.165, 1.54) is 17.0 Å². The minimum atomic E-state index is -0.688. The number of hydrogen-bond donors (Lipinski definition) is 1. The summed E-state index contributed by atoms with van der Waals surface area (Å²) in [5.41, 5.74) is 2.01. The molecular formula is C23H29FN2O3. The maximum atomic E-state index is 13.8. The first-order chi connectivity index (χ1) is 13.8. The van der Waals surface area contributed by atoms with Crippen molar-refractivity contribution in [2.24, 2.45) is 5.92 Å². The molecule has 1 N–H and O–H groups in total. The first-order valence-corrected chi connectivity index (χ1v) is 9.78. The molecule has 29 heavy (non-hydrogen) atoms. The lowest BCUT2D eigenvalue weighted by Gasteiger charge is -2.29. The molecule has 6 heteroatoms. The van der Waals surface area contributed by atoms with Crippen LogP contribution in [0.4, 0.5) is 4.39 Å². The lowest BCUT2D eigenvalue weighted by molar-refractivity contribution is -0.142. The number of carbonyl (C=O) groups excluding carboxylic acids is 2. The van der Waals surface area contributed by atoms with Gasteiger partial charge in [0.15, 0.2) is 18.2 Å². The molecule has 0 saturated heterocycles. The number of halogens is 1. The van der Waals surface area contributed by atoms with Gasteiger partial charge in [0.25, 0.3) is 5.91 Å². The van der Waals surface area contributed by atoms with Gasteiger partial charge in [-0.05, 0) is 37.5 Å². The van der Waals surface area contributed by atoms with Gasteiger partial charge in [-0.3, -0.25) is 9.59 Å². The molecule has 0 aliphatic carbocycles. The zero-order valence-electron chi connectivity index (χ0n) is 17.4. The summed E-state index contributed by atoms with van der Waals surface area (Å²) >= 11 is 0. The number of carbonyl (C=O) groups is 2. The summed E-state index contributed by atoms with van der Waals surface area (Å²) in [5, 5.41) is 2.86. The fourth-order valence-corrected chi connectivity index (χ4v) is 2.71. The molecule has 0 unspecified atom stereocenters. The Balaban J connectivity index is 2.13. The predicted octanol–water partition coefficient (Wildman–Crippen LogP) is 3.70. The van der Waals surface area contributed by atoms with Gasteiger partial charge in [0.05, 0.1) is 0 Å². The van der Waals surface area contributed by atoms with Crippen LogP contribution in [0.5, 0.6) is 5.75 Å². The van der Waals surface area contributed by atoms with E-state index in [0.29, 0.717) is 12.5 Å². The maximum Gasteiger partial charge on any atom is 0.261 e. The third-order valence-corrected chi connectivity index (χ3v) is 4.51. The van der Waals surface area contributed by atoms with E-state index >= 15 is 0 Å². The lowest BCUT2D eigenvalue weighted by Crippen LogP contribution is -2.49. The quantitative estimate of drug-likeness (QED) is 0.698. The summed E-state index contributed by atoms with van der Waals surface area (Å²) in [4.78, 5) is 26.9. The van der Waals surface area contributed by atoms with Crippen molar-refractivity contribution in [1.29, 1.82) is 0 Å². The summed E-state index contributed by atoms with van der Waals surface area (Å²) in [7, 11) is 0. The Kier molecular flexibility index (Phi) is 8.19. The van der Waals surface area contributed by atoms with Crippen LogP contribution in [0.3, 0.4) is 0 Å². The minimum absolute atomic E-state index is 0.00745. The summed E-state index contributed by atoms with van der Waals surface area (Å²) in [6, 6.07) is 13.0. The molecule has 0 aliphatic heterocycles. The number of nitrogens with zero attached hydrogens (tertiary/aromatic N) is 1. The number of aryl methyl sites for hydroxylation is 1. The topological polar surface area (TPSA) is 58.6 Å². The zero-order valence-corrected chi connectivity index (χ0v) is 17.4. The third-order valence-electron chi connectivity index (χ3n) is 4.51. The minimum Gasteiger partial charge on any atom is -0.481 e. The van der Waals surface area contributed by atoms with E-state index in [-0.39, 0.29) is 30.7 Å². The second-order valence-corrected chi connectivity index (χ2v) is 7.54. The summed E-state index contributed by atoms with van der Waals surface area (Å²) in [5.74, 6) is -0.843. The van der Waals surface area contributed by atoms with Gasteiger partial charge in [0.1, 0.15) is 6.04 Å². The first-order valence-electron chi connectivity index (χ1n) is 9.78. The van der Waals surface area contributed by atoms with Gasteiger partial charge in [-0.1, -0.05) is 55.8 Å². The largest absolute Gasteiger partial charge is 0.481 e. The molecule has 0 aromatic heterocycles. The average molecular weight is 400 g/mol. The molecule has 0 fully saturated rings. The van der Waals surface area contributed by atoms with Crippen LogP contribution in [-0.4, -0.2) is 35.9 Å². The number of rotatable bonds is 9. The Hall–Kier alpha value is -2.89. The molecule has 0 bridgehead atoms. The number of nitrogens with one attached hydrogen (secondary N) is 1. The highest BCUT2D eigenvalue weighted by molar-refractivity contribution is 5.87. The Morgan fingerprint density at radius 2 is 1.72 bits per heavy atom. The second kappa shape index (κ2) is 10.6. The van der Waals surface area contributed by atoms with Crippen molar-refractivity contribution in [3.63, 3.8) is 0 Å². The van der Waals surface area contributed by atoms with Crippen molar-refractivity contribution < 1.29 is 18.7 Å². The Morgan fingerprint density at radius 3 is 2.34 bits per heavy atom. The van der Waals surface area contributed by atoms with Crippen LogP contribution in [-0.2, 0) is 16.1 Å². The molecule has 0 spiro atoms. The third kappa shape index (κ3) is 6.89. The zero-order chi connectivity index (χ0) is 21.4. The van der Waals surface area contributed by atoms with Crippen LogP contribution in [0.25, 0.3) is 0 Å². The number of benzene rings is 2. The van der Waals surface area contributed by atoms with Crippen LogP contribution < -0.4 is 10.1 Å². The average Bonchev–Trinajstić information content (AvgIpc) is 2.70. The van der Waals surface area contributed by atoms with Gasteiger partial charge in [-0.2, -0.15) is 0 Å². The van der Waals surface area contributed by atoms with E-state index in [0.717, 1.165) is 11.1 Å². The van der Waals surface area contributed by atoms with Gasteiger partial charge in [0.2, 0.25) is 5.91 Å². The molecule has 156 valence electrons. The maximum absolute atomic E-state index is 13.8. The second-order valence-electron chi connectivity index (χ2n) is 7.54. The van der Waals surface area contributed by atoms with Crippen molar-refractivity contribution in [3.8, 4) is 5.75 Å². The first kappa shape index (κ1) is 22.4. The molecule has 0 radical (unpaired) electrons. The molecule has 5 nitrogen and oxygen atoms in total. The molecule has 0 aliphatic rings. The fourth-order valence-electron chi connectivity index (χ4n) is 2.71. The summed E-state index contributed by atoms with van der Waals surface area (Å²) in [6.07, 6.45) is 0. The number of hydrogen-bond acceptors (Lipinski definition) is 3. The van der Waals surface area contributed by atoms with Gasteiger partial charge in [-0.25, -0.2) is 4.39 Å². The van der Waals surface area contributed by atoms with Crippen LogP contribution in [0.15, 0.2) is 48.5 Å². The molecule has 1 atom stereocenters. The van der Waals surface area contributed by atoms with Gasteiger partial charge < -0.3 is 15.0 Å². The summed E-state index contributed by atoms with van der Waals surface area (Å²) < 4.78 is 19.1. The Morgan fingerprint density at radius 1 is 1.07 bits per heavy atom. The van der Waals surface area contributed by atoms with Crippen LogP contribution >= 0.6 is 0 Å². The van der Waals surface area contributed by atoms with Crippen molar-refractivity contribution in [2.75, 3.05) is 13.2 Å². The number of amides is 2. The summed E-state index contributed by atoms with van der Waals surface area (Å²) in [6.45, 7) is 8.11. The van der Waals surface area contributed by atoms with E-state index in [2.05, 4.69) is 5.32 Å². The normalized spacial score (nSPS) is 11.8. The molecule has 2 aromatic carbocycles. The SMILES string of the molecule is Cc1ccc(CN(C(=O)COc2ccccc2F)[C@@H](C)C(=O)NCC(C)C)cc1. The van der Waals surface area contributed by atoms with Gasteiger partial charge in [-0.15, -0.1) is 0 Å². The predicted molar refractivity (Wildman–Crippen MR) is 111 cm³/mol. The highest BCUT2D eigenvalue weighted by Crippen LogP contribution is 2.16. The monoisotopic (exact) mass is 400 g/mol. The van der Waals surface area contributed by atoms with Crippen molar-refractivity contribution in [3.05, 3.63) is 65.5 Å². The van der Waals surface area contributed by atoms with E-state index in [4.69, 9.17) is 4.74 Å². The van der Waals surface area contributed by atoms with Crippen LogP contribution in [0, 0.1) is 18.7 Å². The van der Waals surface area contributed by atoms with Crippen molar-refractivity contribution in [1.82, 2.24) is 10.2 Å². The van der Waals surface area contributed by atoms with Gasteiger partial charge in [0, 0.05) is 13.1 Å². The highest BCUT2D eigenvalue weighted by atomic mass is 19.1. The molecule has 2 aromatic rings. The van der Waals surface area contributed by atoms with Gasteiger partial charge >= 0.3 is 0 Å². The molecule has 2 rings (SSSR count).